The molecule has 3 rings (SSSR count). The number of hydrogen-bond donors (Lipinski definition) is 1. The van der Waals surface area contributed by atoms with Gasteiger partial charge >= 0.3 is 0 Å². The first-order valence-electron chi connectivity index (χ1n) is 7.31. The Morgan fingerprint density at radius 1 is 1.09 bits per heavy atom. The third kappa shape index (κ3) is 3.99. The zero-order valence-electron chi connectivity index (χ0n) is 12.4. The second-order valence-electron chi connectivity index (χ2n) is 5.18. The number of aromatic nitrogens is 2. The van der Waals surface area contributed by atoms with E-state index in [0.717, 1.165) is 5.56 Å². The number of rotatable bonds is 5. The zero-order chi connectivity index (χ0) is 16.1. The van der Waals surface area contributed by atoms with Crippen molar-refractivity contribution in [2.75, 3.05) is 5.32 Å². The molecule has 0 fully saturated rings. The van der Waals surface area contributed by atoms with Gasteiger partial charge in [0, 0.05) is 12.4 Å². The predicted molar refractivity (Wildman–Crippen MR) is 91.5 cm³/mol. The predicted octanol–water partition coefficient (Wildman–Crippen LogP) is 4.15. The highest BCUT2D eigenvalue weighted by Gasteiger charge is 2.17. The van der Waals surface area contributed by atoms with Crippen LogP contribution >= 0.6 is 11.6 Å². The van der Waals surface area contributed by atoms with Crippen molar-refractivity contribution >= 4 is 23.2 Å². The van der Waals surface area contributed by atoms with Crippen molar-refractivity contribution in [3.63, 3.8) is 0 Å². The molecule has 0 aliphatic heterocycles. The summed E-state index contributed by atoms with van der Waals surface area (Å²) in [6, 6.07) is 17.2. The maximum Gasteiger partial charge on any atom is 0.226 e. The quantitative estimate of drug-likeness (QED) is 0.716. The summed E-state index contributed by atoms with van der Waals surface area (Å²) in [6.07, 6.45) is 5.82. The van der Waals surface area contributed by atoms with Crippen LogP contribution < -0.4 is 5.32 Å². The van der Waals surface area contributed by atoms with Gasteiger partial charge in [-0.15, -0.1) is 0 Å². The number of carbonyl (C=O) groups is 1. The lowest BCUT2D eigenvalue weighted by atomic mass is 10.0. The Morgan fingerprint density at radius 2 is 1.83 bits per heavy atom. The van der Waals surface area contributed by atoms with E-state index in [1.54, 1.807) is 18.3 Å². The van der Waals surface area contributed by atoms with Gasteiger partial charge in [-0.1, -0.05) is 41.9 Å². The number of nitrogens with one attached hydrogen (secondary N) is 1. The Kier molecular flexibility index (Phi) is 4.74. The lowest BCUT2D eigenvalue weighted by Gasteiger charge is -2.19. The second kappa shape index (κ2) is 7.11. The van der Waals surface area contributed by atoms with Crippen LogP contribution in [0.15, 0.2) is 73.2 Å². The van der Waals surface area contributed by atoms with Crippen LogP contribution in [0.5, 0.6) is 0 Å². The normalized spacial score (nSPS) is 11.9. The summed E-state index contributed by atoms with van der Waals surface area (Å²) < 4.78 is 2.04. The summed E-state index contributed by atoms with van der Waals surface area (Å²) in [5.74, 6) is -0.0725. The Bertz CT molecular complexity index is 755. The maximum absolute atomic E-state index is 12.4. The number of amides is 1. The van der Waals surface area contributed by atoms with Crippen LogP contribution in [-0.2, 0) is 4.79 Å². The molecule has 116 valence electrons. The Labute approximate surface area is 139 Å². The zero-order valence-corrected chi connectivity index (χ0v) is 13.1. The first-order valence-corrected chi connectivity index (χ1v) is 7.69. The van der Waals surface area contributed by atoms with Gasteiger partial charge < -0.3 is 9.88 Å². The molecule has 1 atom stereocenters. The van der Waals surface area contributed by atoms with Crippen molar-refractivity contribution in [1.82, 2.24) is 9.55 Å². The largest absolute Gasteiger partial charge is 0.346 e. The Balaban J connectivity index is 1.76. The summed E-state index contributed by atoms with van der Waals surface area (Å²) in [5, 5.41) is 3.26. The minimum Gasteiger partial charge on any atom is -0.346 e. The SMILES string of the molecule is O=C(C[C@H](c1ccccc1)n1cccc1)Nc1ccc(Cl)nc1. The average Bonchev–Trinajstić information content (AvgIpc) is 3.10. The van der Waals surface area contributed by atoms with Gasteiger partial charge in [-0.2, -0.15) is 0 Å². The minimum absolute atomic E-state index is 0.0496. The van der Waals surface area contributed by atoms with E-state index in [-0.39, 0.29) is 11.9 Å². The molecule has 4 nitrogen and oxygen atoms in total. The van der Waals surface area contributed by atoms with E-state index in [1.165, 1.54) is 0 Å². The molecule has 1 N–H and O–H groups in total. The molecule has 0 saturated carbocycles. The molecular formula is C18H16ClN3O. The monoisotopic (exact) mass is 325 g/mol. The molecular weight excluding hydrogens is 310 g/mol. The molecule has 23 heavy (non-hydrogen) atoms. The highest BCUT2D eigenvalue weighted by atomic mass is 35.5. The van der Waals surface area contributed by atoms with Gasteiger partial charge in [-0.25, -0.2) is 4.98 Å². The molecule has 0 radical (unpaired) electrons. The van der Waals surface area contributed by atoms with Gasteiger partial charge in [0.15, 0.2) is 0 Å². The van der Waals surface area contributed by atoms with Gasteiger partial charge in [0.25, 0.3) is 0 Å². The van der Waals surface area contributed by atoms with Crippen molar-refractivity contribution < 1.29 is 4.79 Å². The summed E-state index contributed by atoms with van der Waals surface area (Å²) in [7, 11) is 0. The number of halogens is 1. The smallest absolute Gasteiger partial charge is 0.226 e. The molecule has 3 aromatic rings. The van der Waals surface area contributed by atoms with E-state index in [2.05, 4.69) is 10.3 Å². The second-order valence-corrected chi connectivity index (χ2v) is 5.57. The van der Waals surface area contributed by atoms with Gasteiger partial charge in [0.2, 0.25) is 5.91 Å². The van der Waals surface area contributed by atoms with E-state index in [4.69, 9.17) is 11.6 Å². The van der Waals surface area contributed by atoms with Gasteiger partial charge in [0.1, 0.15) is 5.15 Å². The van der Waals surface area contributed by atoms with Crippen LogP contribution in [0.2, 0.25) is 5.15 Å². The molecule has 5 heteroatoms. The van der Waals surface area contributed by atoms with E-state index >= 15 is 0 Å². The van der Waals surface area contributed by atoms with Crippen molar-refractivity contribution in [2.45, 2.75) is 12.5 Å². The summed E-state index contributed by atoms with van der Waals surface area (Å²) in [5.41, 5.74) is 1.73. The van der Waals surface area contributed by atoms with Crippen molar-refractivity contribution in [3.8, 4) is 0 Å². The standard InChI is InChI=1S/C18H16ClN3O/c19-17-9-8-15(13-20-17)21-18(23)12-16(22-10-4-5-11-22)14-6-2-1-3-7-14/h1-11,13,16H,12H2,(H,21,23)/t16-/m1/s1. The molecule has 1 aromatic carbocycles. The van der Waals surface area contributed by atoms with Crippen LogP contribution in [0.1, 0.15) is 18.0 Å². The Hall–Kier alpha value is -2.59. The molecule has 0 bridgehead atoms. The average molecular weight is 326 g/mol. The molecule has 0 aliphatic carbocycles. The lowest BCUT2D eigenvalue weighted by Crippen LogP contribution is -2.19. The number of carbonyl (C=O) groups excluding carboxylic acids is 1. The number of nitrogens with zero attached hydrogens (tertiary/aromatic N) is 2. The van der Waals surface area contributed by atoms with Gasteiger partial charge in [0.05, 0.1) is 24.3 Å². The van der Waals surface area contributed by atoms with Crippen LogP contribution in [0.25, 0.3) is 0 Å². The molecule has 0 unspecified atom stereocenters. The number of anilines is 1. The fraction of sp³-hybridized carbons (Fsp3) is 0.111. The van der Waals surface area contributed by atoms with E-state index < -0.39 is 0 Å². The highest BCUT2D eigenvalue weighted by molar-refractivity contribution is 6.29. The summed E-state index contributed by atoms with van der Waals surface area (Å²) >= 11 is 5.75. The fourth-order valence-electron chi connectivity index (χ4n) is 2.46. The van der Waals surface area contributed by atoms with Crippen molar-refractivity contribution in [1.29, 1.82) is 0 Å². The number of hydrogen-bond acceptors (Lipinski definition) is 2. The van der Waals surface area contributed by atoms with Gasteiger partial charge in [-0.05, 0) is 29.8 Å². The lowest BCUT2D eigenvalue weighted by molar-refractivity contribution is -0.116. The van der Waals surface area contributed by atoms with Crippen molar-refractivity contribution in [3.05, 3.63) is 83.9 Å². The van der Waals surface area contributed by atoms with Gasteiger partial charge in [-0.3, -0.25) is 4.79 Å². The molecule has 0 saturated heterocycles. The molecule has 1 amide bonds. The molecule has 2 aromatic heterocycles. The summed E-state index contributed by atoms with van der Waals surface area (Å²) in [4.78, 5) is 16.4. The van der Waals surface area contributed by atoms with Crippen LogP contribution in [0.4, 0.5) is 5.69 Å². The summed E-state index contributed by atoms with van der Waals surface area (Å²) in [6.45, 7) is 0. The third-order valence-electron chi connectivity index (χ3n) is 3.56. The first-order chi connectivity index (χ1) is 11.2. The van der Waals surface area contributed by atoms with E-state index in [1.807, 2.05) is 59.4 Å². The van der Waals surface area contributed by atoms with E-state index in [0.29, 0.717) is 17.3 Å². The third-order valence-corrected chi connectivity index (χ3v) is 3.79. The molecule has 2 heterocycles. The first kappa shape index (κ1) is 15.3. The topological polar surface area (TPSA) is 46.9 Å². The molecule has 0 aliphatic rings. The number of benzene rings is 1. The fourth-order valence-corrected chi connectivity index (χ4v) is 2.58. The maximum atomic E-state index is 12.4. The van der Waals surface area contributed by atoms with Crippen molar-refractivity contribution in [2.24, 2.45) is 0 Å². The van der Waals surface area contributed by atoms with Crippen LogP contribution in [-0.4, -0.2) is 15.5 Å². The van der Waals surface area contributed by atoms with E-state index in [9.17, 15) is 4.79 Å². The molecule has 0 spiro atoms. The minimum atomic E-state index is -0.0725. The van der Waals surface area contributed by atoms with Crippen LogP contribution in [0, 0.1) is 0 Å². The van der Waals surface area contributed by atoms with Crippen LogP contribution in [0.3, 0.4) is 0 Å². The number of pyridine rings is 1. The Morgan fingerprint density at radius 3 is 2.48 bits per heavy atom. The highest BCUT2D eigenvalue weighted by Crippen LogP contribution is 2.23.